The van der Waals surface area contributed by atoms with E-state index in [-0.39, 0.29) is 17.8 Å². The Balaban J connectivity index is 2.87. The minimum atomic E-state index is -0.350. The molecule has 0 bridgehead atoms. The largest absolute Gasteiger partial charge is 0.373 e. The van der Waals surface area contributed by atoms with E-state index >= 15 is 0 Å². The maximum atomic E-state index is 12.1. The molecule has 0 N–H and O–H groups in total. The SMILES string of the molecule is COC(C(=O)Cc1c(Br)c(C)nn1C)C(C)C. The van der Waals surface area contributed by atoms with Crippen LogP contribution in [0.5, 0.6) is 0 Å². The lowest BCUT2D eigenvalue weighted by Crippen LogP contribution is -2.30. The number of hydrogen-bond donors (Lipinski definition) is 0. The highest BCUT2D eigenvalue weighted by Crippen LogP contribution is 2.22. The van der Waals surface area contributed by atoms with Crippen LogP contribution in [-0.2, 0) is 23.0 Å². The van der Waals surface area contributed by atoms with Crippen LogP contribution in [0.3, 0.4) is 0 Å². The van der Waals surface area contributed by atoms with Crippen LogP contribution in [0.25, 0.3) is 0 Å². The van der Waals surface area contributed by atoms with Gasteiger partial charge in [0.1, 0.15) is 6.10 Å². The van der Waals surface area contributed by atoms with Crippen LogP contribution in [0.4, 0.5) is 0 Å². The molecule has 0 aliphatic carbocycles. The minimum absolute atomic E-state index is 0.0891. The predicted molar refractivity (Wildman–Crippen MR) is 70.0 cm³/mol. The van der Waals surface area contributed by atoms with Crippen molar-refractivity contribution in [2.24, 2.45) is 13.0 Å². The minimum Gasteiger partial charge on any atom is -0.373 e. The molecule has 1 atom stereocenters. The first-order valence-electron chi connectivity index (χ1n) is 5.62. The molecule has 0 radical (unpaired) electrons. The van der Waals surface area contributed by atoms with E-state index in [1.54, 1.807) is 11.8 Å². The van der Waals surface area contributed by atoms with Gasteiger partial charge in [-0.05, 0) is 28.8 Å². The zero-order chi connectivity index (χ0) is 13.2. The quantitative estimate of drug-likeness (QED) is 0.838. The standard InChI is InChI=1S/C12H19BrN2O2/c1-7(2)12(17-5)10(16)6-9-11(13)8(3)14-15(9)4/h7,12H,6H2,1-5H3. The van der Waals surface area contributed by atoms with E-state index in [9.17, 15) is 4.79 Å². The van der Waals surface area contributed by atoms with Crippen LogP contribution in [0.2, 0.25) is 0 Å². The molecule has 0 spiro atoms. The molecule has 4 nitrogen and oxygen atoms in total. The Hall–Kier alpha value is -0.680. The molecule has 0 aliphatic heterocycles. The van der Waals surface area contributed by atoms with Crippen molar-refractivity contribution in [3.63, 3.8) is 0 Å². The van der Waals surface area contributed by atoms with Crippen LogP contribution in [-0.4, -0.2) is 28.8 Å². The molecule has 1 rings (SSSR count). The third-order valence-corrected chi connectivity index (χ3v) is 3.81. The zero-order valence-corrected chi connectivity index (χ0v) is 12.5. The first kappa shape index (κ1) is 14.4. The Morgan fingerprint density at radius 2 is 2.12 bits per heavy atom. The first-order valence-corrected chi connectivity index (χ1v) is 6.41. The van der Waals surface area contributed by atoms with E-state index in [0.29, 0.717) is 6.42 Å². The fourth-order valence-corrected chi connectivity index (χ4v) is 2.39. The van der Waals surface area contributed by atoms with Crippen molar-refractivity contribution in [3.05, 3.63) is 15.9 Å². The van der Waals surface area contributed by atoms with Gasteiger partial charge in [-0.15, -0.1) is 0 Å². The molecule has 0 aromatic carbocycles. The fraction of sp³-hybridized carbons (Fsp3) is 0.667. The maximum Gasteiger partial charge on any atom is 0.167 e. The smallest absolute Gasteiger partial charge is 0.167 e. The van der Waals surface area contributed by atoms with Gasteiger partial charge in [-0.2, -0.15) is 5.10 Å². The summed E-state index contributed by atoms with van der Waals surface area (Å²) in [4.78, 5) is 12.1. The Labute approximate surface area is 110 Å². The Morgan fingerprint density at radius 3 is 2.47 bits per heavy atom. The van der Waals surface area contributed by atoms with E-state index in [0.717, 1.165) is 15.9 Å². The van der Waals surface area contributed by atoms with Crippen LogP contribution in [0.15, 0.2) is 4.47 Å². The van der Waals surface area contributed by atoms with Gasteiger partial charge in [0.15, 0.2) is 5.78 Å². The van der Waals surface area contributed by atoms with Gasteiger partial charge in [0.2, 0.25) is 0 Å². The van der Waals surface area contributed by atoms with Gasteiger partial charge in [-0.25, -0.2) is 0 Å². The number of carbonyl (C=O) groups excluding carboxylic acids is 1. The summed E-state index contributed by atoms with van der Waals surface area (Å²) in [6, 6.07) is 0. The molecule has 0 amide bonds. The van der Waals surface area contributed by atoms with E-state index in [4.69, 9.17) is 4.74 Å². The van der Waals surface area contributed by atoms with Crippen molar-refractivity contribution in [2.75, 3.05) is 7.11 Å². The number of ketones is 1. The zero-order valence-electron chi connectivity index (χ0n) is 11.0. The third-order valence-electron chi connectivity index (χ3n) is 2.78. The Kier molecular flexibility index (Phi) is 4.89. The third kappa shape index (κ3) is 3.16. The molecule has 1 aromatic rings. The number of nitrogens with zero attached hydrogens (tertiary/aromatic N) is 2. The Morgan fingerprint density at radius 1 is 1.53 bits per heavy atom. The summed E-state index contributed by atoms with van der Waals surface area (Å²) in [6.07, 6.45) is -0.00803. The van der Waals surface area contributed by atoms with Crippen molar-refractivity contribution in [1.82, 2.24) is 9.78 Å². The molecule has 17 heavy (non-hydrogen) atoms. The summed E-state index contributed by atoms with van der Waals surface area (Å²) < 4.78 is 7.89. The summed E-state index contributed by atoms with van der Waals surface area (Å²) >= 11 is 3.46. The molecule has 1 unspecified atom stereocenters. The lowest BCUT2D eigenvalue weighted by Gasteiger charge is -2.17. The van der Waals surface area contributed by atoms with Crippen molar-refractivity contribution in [3.8, 4) is 0 Å². The van der Waals surface area contributed by atoms with Crippen molar-refractivity contribution < 1.29 is 9.53 Å². The number of hydrogen-bond acceptors (Lipinski definition) is 3. The molecule has 96 valence electrons. The average molecular weight is 303 g/mol. The maximum absolute atomic E-state index is 12.1. The number of carbonyl (C=O) groups is 1. The van der Waals surface area contributed by atoms with E-state index in [1.807, 2.05) is 27.8 Å². The monoisotopic (exact) mass is 302 g/mol. The number of aryl methyl sites for hydroxylation is 2. The summed E-state index contributed by atoms with van der Waals surface area (Å²) in [5.41, 5.74) is 1.80. The highest BCUT2D eigenvalue weighted by atomic mass is 79.9. The van der Waals surface area contributed by atoms with Crippen molar-refractivity contribution in [2.45, 2.75) is 33.3 Å². The first-order chi connectivity index (χ1) is 7.88. The highest BCUT2D eigenvalue weighted by molar-refractivity contribution is 9.10. The molecule has 5 heteroatoms. The molecule has 1 aromatic heterocycles. The molecule has 0 fully saturated rings. The van der Waals surface area contributed by atoms with Crippen LogP contribution in [0, 0.1) is 12.8 Å². The number of aromatic nitrogens is 2. The molecule has 1 heterocycles. The summed E-state index contributed by atoms with van der Waals surface area (Å²) in [7, 11) is 3.42. The second kappa shape index (κ2) is 5.78. The van der Waals surface area contributed by atoms with Gasteiger partial charge in [0.25, 0.3) is 0 Å². The highest BCUT2D eigenvalue weighted by Gasteiger charge is 2.24. The fourth-order valence-electron chi connectivity index (χ4n) is 1.91. The van der Waals surface area contributed by atoms with Gasteiger partial charge >= 0.3 is 0 Å². The van der Waals surface area contributed by atoms with Gasteiger partial charge in [-0.3, -0.25) is 9.48 Å². The van der Waals surface area contributed by atoms with Crippen LogP contribution >= 0.6 is 15.9 Å². The van der Waals surface area contributed by atoms with Crippen LogP contribution in [0.1, 0.15) is 25.2 Å². The normalized spacial score (nSPS) is 13.1. The Bertz CT molecular complexity index is 413. The predicted octanol–water partition coefficient (Wildman–Crippen LogP) is 2.27. The number of methoxy groups -OCH3 is 1. The van der Waals surface area contributed by atoms with E-state index in [1.165, 1.54) is 0 Å². The molecule has 0 saturated carbocycles. The number of rotatable bonds is 5. The van der Waals surface area contributed by atoms with E-state index < -0.39 is 0 Å². The van der Waals surface area contributed by atoms with Crippen LogP contribution < -0.4 is 0 Å². The summed E-state index contributed by atoms with van der Waals surface area (Å²) in [5, 5.41) is 4.27. The summed E-state index contributed by atoms with van der Waals surface area (Å²) in [6.45, 7) is 5.87. The van der Waals surface area contributed by atoms with Gasteiger partial charge in [0.05, 0.1) is 22.3 Å². The molecular weight excluding hydrogens is 284 g/mol. The second-order valence-electron chi connectivity index (χ2n) is 4.51. The number of halogens is 1. The molecule has 0 saturated heterocycles. The average Bonchev–Trinajstić information content (AvgIpc) is 2.45. The van der Waals surface area contributed by atoms with E-state index in [2.05, 4.69) is 21.0 Å². The van der Waals surface area contributed by atoms with Gasteiger partial charge in [0, 0.05) is 14.2 Å². The molecule has 0 aliphatic rings. The van der Waals surface area contributed by atoms with Gasteiger partial charge in [-0.1, -0.05) is 13.8 Å². The lowest BCUT2D eigenvalue weighted by molar-refractivity contribution is -0.130. The second-order valence-corrected chi connectivity index (χ2v) is 5.31. The van der Waals surface area contributed by atoms with Crippen molar-refractivity contribution in [1.29, 1.82) is 0 Å². The molecular formula is C12H19BrN2O2. The lowest BCUT2D eigenvalue weighted by atomic mass is 10.00. The van der Waals surface area contributed by atoms with Crippen molar-refractivity contribution >= 4 is 21.7 Å². The topological polar surface area (TPSA) is 44.1 Å². The summed E-state index contributed by atoms with van der Waals surface area (Å²) in [5.74, 6) is 0.270. The van der Waals surface area contributed by atoms with Gasteiger partial charge < -0.3 is 4.74 Å². The number of ether oxygens (including phenoxy) is 1. The number of Topliss-reactive ketones (excluding diaryl/α,β-unsaturated/α-hetero) is 1.